The highest BCUT2D eigenvalue weighted by Crippen LogP contribution is 2.26. The number of carbonyl (C=O) groups is 1. The Balaban J connectivity index is 2.64. The van der Waals surface area contributed by atoms with E-state index in [0.29, 0.717) is 5.75 Å². The van der Waals surface area contributed by atoms with Gasteiger partial charge in [-0.1, -0.05) is 64.5 Å². The van der Waals surface area contributed by atoms with Crippen molar-refractivity contribution >= 4 is 6.16 Å². The molecule has 0 aliphatic carbocycles. The largest absolute Gasteiger partial charge is 0.511 e. The maximum atomic E-state index is 10.8. The lowest BCUT2D eigenvalue weighted by molar-refractivity contribution is 0.144. The topological polar surface area (TPSA) is 46.5 Å². The number of carboxylic acid groups (broad SMARTS) is 1. The summed E-state index contributed by atoms with van der Waals surface area (Å²) in [4.78, 5) is 10.8. The van der Waals surface area contributed by atoms with Crippen LogP contribution >= 0.6 is 0 Å². The van der Waals surface area contributed by atoms with E-state index in [1.165, 1.54) is 37.7 Å². The van der Waals surface area contributed by atoms with Gasteiger partial charge in [0.25, 0.3) is 0 Å². The minimum absolute atomic E-state index is 0.516. The zero-order valence-electron chi connectivity index (χ0n) is 13.4. The molecule has 0 radical (unpaired) electrons. The van der Waals surface area contributed by atoms with Crippen LogP contribution in [0, 0.1) is 0 Å². The second-order valence-electron chi connectivity index (χ2n) is 5.53. The standard InChI is InChI=1S/C18H28O3/c1-3-5-6-7-8-9-13-16-15(11-4-2)12-10-14-17(16)21-18(19)20/h10,12,14H,3-9,11,13H2,1-2H3,(H,19,20). The Morgan fingerprint density at radius 1 is 1.00 bits per heavy atom. The molecule has 0 amide bonds. The van der Waals surface area contributed by atoms with Gasteiger partial charge in [0.1, 0.15) is 5.75 Å². The molecule has 0 saturated carbocycles. The van der Waals surface area contributed by atoms with Crippen LogP contribution in [-0.4, -0.2) is 11.3 Å². The van der Waals surface area contributed by atoms with Crippen LogP contribution in [0.15, 0.2) is 18.2 Å². The molecule has 0 aliphatic heterocycles. The van der Waals surface area contributed by atoms with E-state index in [1.807, 2.05) is 6.07 Å². The van der Waals surface area contributed by atoms with Gasteiger partial charge in [0, 0.05) is 0 Å². The number of ether oxygens (including phenoxy) is 1. The van der Waals surface area contributed by atoms with E-state index >= 15 is 0 Å². The summed E-state index contributed by atoms with van der Waals surface area (Å²) in [7, 11) is 0. The van der Waals surface area contributed by atoms with Crippen LogP contribution in [0.5, 0.6) is 5.75 Å². The van der Waals surface area contributed by atoms with Crippen LogP contribution in [0.25, 0.3) is 0 Å². The molecule has 0 saturated heterocycles. The predicted octanol–water partition coefficient (Wildman–Crippen LogP) is 5.60. The van der Waals surface area contributed by atoms with E-state index in [9.17, 15) is 4.79 Å². The van der Waals surface area contributed by atoms with Crippen molar-refractivity contribution < 1.29 is 14.6 Å². The molecule has 118 valence electrons. The first-order valence-corrected chi connectivity index (χ1v) is 8.20. The molecule has 0 bridgehead atoms. The van der Waals surface area contributed by atoms with E-state index < -0.39 is 6.16 Å². The van der Waals surface area contributed by atoms with Crippen LogP contribution in [-0.2, 0) is 12.8 Å². The Kier molecular flexibility index (Phi) is 8.56. The van der Waals surface area contributed by atoms with Crippen molar-refractivity contribution in [3.05, 3.63) is 29.3 Å². The normalized spacial score (nSPS) is 10.6. The fourth-order valence-corrected chi connectivity index (χ4v) is 2.67. The molecule has 1 rings (SSSR count). The number of rotatable bonds is 10. The molecule has 0 heterocycles. The van der Waals surface area contributed by atoms with Crippen molar-refractivity contribution in [3.63, 3.8) is 0 Å². The molecule has 0 atom stereocenters. The number of aryl methyl sites for hydroxylation is 1. The SMILES string of the molecule is CCCCCCCCc1c(CCC)cccc1OC(=O)O. The summed E-state index contributed by atoms with van der Waals surface area (Å²) in [5, 5.41) is 8.86. The second-order valence-corrected chi connectivity index (χ2v) is 5.53. The molecular weight excluding hydrogens is 264 g/mol. The van der Waals surface area contributed by atoms with Gasteiger partial charge in [-0.3, -0.25) is 0 Å². The van der Waals surface area contributed by atoms with E-state index in [0.717, 1.165) is 31.2 Å². The average Bonchev–Trinajstić information content (AvgIpc) is 2.44. The van der Waals surface area contributed by atoms with E-state index in [2.05, 4.69) is 19.9 Å². The van der Waals surface area contributed by atoms with E-state index in [4.69, 9.17) is 9.84 Å². The summed E-state index contributed by atoms with van der Waals surface area (Å²) in [5.41, 5.74) is 2.31. The van der Waals surface area contributed by atoms with Crippen LogP contribution in [0.4, 0.5) is 4.79 Å². The monoisotopic (exact) mass is 292 g/mol. The van der Waals surface area contributed by atoms with Gasteiger partial charge in [-0.2, -0.15) is 0 Å². The van der Waals surface area contributed by atoms with E-state index in [1.54, 1.807) is 6.07 Å². The van der Waals surface area contributed by atoms with Crippen LogP contribution in [0.2, 0.25) is 0 Å². The van der Waals surface area contributed by atoms with Gasteiger partial charge in [-0.05, 0) is 36.5 Å². The minimum Gasteiger partial charge on any atom is -0.449 e. The fourth-order valence-electron chi connectivity index (χ4n) is 2.67. The first-order chi connectivity index (χ1) is 10.2. The molecule has 21 heavy (non-hydrogen) atoms. The average molecular weight is 292 g/mol. The molecule has 1 aromatic rings. The van der Waals surface area contributed by atoms with Crippen LogP contribution < -0.4 is 4.74 Å². The molecule has 1 N–H and O–H groups in total. The van der Waals surface area contributed by atoms with Gasteiger partial charge in [0.05, 0.1) is 0 Å². The number of hydrogen-bond donors (Lipinski definition) is 1. The van der Waals surface area contributed by atoms with Gasteiger partial charge < -0.3 is 9.84 Å². The Labute approximate surface area is 128 Å². The van der Waals surface area contributed by atoms with E-state index in [-0.39, 0.29) is 0 Å². The fraction of sp³-hybridized carbons (Fsp3) is 0.611. The molecule has 1 aromatic carbocycles. The first-order valence-electron chi connectivity index (χ1n) is 8.20. The second kappa shape index (κ2) is 10.3. The van der Waals surface area contributed by atoms with Gasteiger partial charge in [0.2, 0.25) is 0 Å². The Bertz CT molecular complexity index is 426. The van der Waals surface area contributed by atoms with Crippen molar-refractivity contribution in [2.45, 2.75) is 71.6 Å². The summed E-state index contributed by atoms with van der Waals surface area (Å²) < 4.78 is 4.94. The van der Waals surface area contributed by atoms with Crippen molar-refractivity contribution in [2.75, 3.05) is 0 Å². The number of benzene rings is 1. The lowest BCUT2D eigenvalue weighted by atomic mass is 9.97. The zero-order valence-corrected chi connectivity index (χ0v) is 13.4. The summed E-state index contributed by atoms with van der Waals surface area (Å²) in [6.45, 7) is 4.36. The minimum atomic E-state index is -1.23. The third-order valence-electron chi connectivity index (χ3n) is 3.73. The maximum Gasteiger partial charge on any atom is 0.511 e. The number of hydrogen-bond acceptors (Lipinski definition) is 2. The zero-order chi connectivity index (χ0) is 15.5. The van der Waals surface area contributed by atoms with Crippen LogP contribution in [0.3, 0.4) is 0 Å². The predicted molar refractivity (Wildman–Crippen MR) is 86.2 cm³/mol. The lowest BCUT2D eigenvalue weighted by Crippen LogP contribution is -2.07. The highest BCUT2D eigenvalue weighted by molar-refractivity contribution is 5.62. The Morgan fingerprint density at radius 3 is 2.38 bits per heavy atom. The van der Waals surface area contributed by atoms with Gasteiger partial charge in [0.15, 0.2) is 0 Å². The van der Waals surface area contributed by atoms with Crippen molar-refractivity contribution in [3.8, 4) is 5.75 Å². The van der Waals surface area contributed by atoms with Crippen molar-refractivity contribution in [1.82, 2.24) is 0 Å². The smallest absolute Gasteiger partial charge is 0.449 e. The van der Waals surface area contributed by atoms with Gasteiger partial charge >= 0.3 is 6.16 Å². The highest BCUT2D eigenvalue weighted by Gasteiger charge is 2.11. The molecular formula is C18H28O3. The van der Waals surface area contributed by atoms with Crippen molar-refractivity contribution in [2.24, 2.45) is 0 Å². The summed E-state index contributed by atoms with van der Waals surface area (Å²) >= 11 is 0. The summed E-state index contributed by atoms with van der Waals surface area (Å²) in [5.74, 6) is 0.516. The summed E-state index contributed by atoms with van der Waals surface area (Å²) in [6, 6.07) is 5.73. The molecule has 3 heteroatoms. The highest BCUT2D eigenvalue weighted by atomic mass is 16.7. The summed E-state index contributed by atoms with van der Waals surface area (Å²) in [6.07, 6.45) is 9.13. The first kappa shape index (κ1) is 17.5. The van der Waals surface area contributed by atoms with Gasteiger partial charge in [-0.15, -0.1) is 0 Å². The van der Waals surface area contributed by atoms with Crippen LogP contribution in [0.1, 0.15) is 69.9 Å². The third-order valence-corrected chi connectivity index (χ3v) is 3.73. The molecule has 0 fully saturated rings. The lowest BCUT2D eigenvalue weighted by Gasteiger charge is -2.13. The van der Waals surface area contributed by atoms with Gasteiger partial charge in [-0.25, -0.2) is 4.79 Å². The Hall–Kier alpha value is -1.51. The molecule has 0 unspecified atom stereocenters. The van der Waals surface area contributed by atoms with Crippen molar-refractivity contribution in [1.29, 1.82) is 0 Å². The number of unbranched alkanes of at least 4 members (excludes halogenated alkanes) is 5. The molecule has 0 aliphatic rings. The maximum absolute atomic E-state index is 10.8. The third kappa shape index (κ3) is 6.65. The Morgan fingerprint density at radius 2 is 1.71 bits per heavy atom. The molecule has 0 spiro atoms. The molecule has 0 aromatic heterocycles. The molecule has 3 nitrogen and oxygen atoms in total. The quantitative estimate of drug-likeness (QED) is 0.347.